The number of ether oxygens (including phenoxy) is 1. The maximum Gasteiger partial charge on any atom is 0.137 e. The Kier molecular flexibility index (Phi) is 4.71. The summed E-state index contributed by atoms with van der Waals surface area (Å²) in [7, 11) is 1.57. The Hall–Kier alpha value is -0.770. The second-order valence-electron chi connectivity index (χ2n) is 3.92. The summed E-state index contributed by atoms with van der Waals surface area (Å²) in [6.45, 7) is 0. The standard InChI is InChI=1S/C14H10BrCl2FO/c1-19-9-3-4-10(12(16)7-9)14(17)8-2-5-13(18)11(15)6-8/h2-7,14H,1H3. The Morgan fingerprint density at radius 2 is 1.95 bits per heavy atom. The molecule has 0 N–H and O–H groups in total. The number of halogens is 4. The van der Waals surface area contributed by atoms with Crippen LogP contribution in [0.1, 0.15) is 16.5 Å². The van der Waals surface area contributed by atoms with Gasteiger partial charge in [0.25, 0.3) is 0 Å². The quantitative estimate of drug-likeness (QED) is 0.647. The van der Waals surface area contributed by atoms with Crippen LogP contribution in [0.15, 0.2) is 40.9 Å². The molecular formula is C14H10BrCl2FO. The third-order valence-corrected chi connectivity index (χ3v) is 4.14. The van der Waals surface area contributed by atoms with Crippen molar-refractivity contribution in [3.63, 3.8) is 0 Å². The number of alkyl halides is 1. The molecule has 100 valence electrons. The second-order valence-corrected chi connectivity index (χ2v) is 5.62. The van der Waals surface area contributed by atoms with E-state index in [9.17, 15) is 4.39 Å². The summed E-state index contributed by atoms with van der Waals surface area (Å²) < 4.78 is 18.7. The molecule has 0 aromatic heterocycles. The summed E-state index contributed by atoms with van der Waals surface area (Å²) in [6, 6.07) is 9.94. The van der Waals surface area contributed by atoms with Crippen molar-refractivity contribution in [3.8, 4) is 5.75 Å². The summed E-state index contributed by atoms with van der Waals surface area (Å²) in [5, 5.41) is 0.0649. The molecule has 0 aliphatic carbocycles. The number of hydrogen-bond donors (Lipinski definition) is 0. The van der Waals surface area contributed by atoms with E-state index in [4.69, 9.17) is 27.9 Å². The van der Waals surface area contributed by atoms with Crippen molar-refractivity contribution in [1.82, 2.24) is 0 Å². The molecule has 0 aliphatic rings. The molecular weight excluding hydrogens is 354 g/mol. The molecule has 0 saturated heterocycles. The Labute approximate surface area is 129 Å². The predicted octanol–water partition coefficient (Wildman–Crippen LogP) is 5.58. The first-order valence-electron chi connectivity index (χ1n) is 5.45. The summed E-state index contributed by atoms with van der Waals surface area (Å²) >= 11 is 15.7. The molecule has 0 saturated carbocycles. The zero-order valence-electron chi connectivity index (χ0n) is 9.96. The van der Waals surface area contributed by atoms with Crippen molar-refractivity contribution in [2.45, 2.75) is 5.38 Å². The van der Waals surface area contributed by atoms with Crippen LogP contribution in [0.4, 0.5) is 4.39 Å². The monoisotopic (exact) mass is 362 g/mol. The Bertz CT molecular complexity index is 604. The van der Waals surface area contributed by atoms with Gasteiger partial charge in [0.05, 0.1) is 17.0 Å². The first-order valence-corrected chi connectivity index (χ1v) is 7.06. The van der Waals surface area contributed by atoms with Gasteiger partial charge in [0.15, 0.2) is 0 Å². The molecule has 1 nitrogen and oxygen atoms in total. The number of methoxy groups -OCH3 is 1. The average molecular weight is 364 g/mol. The first-order chi connectivity index (χ1) is 9.02. The van der Waals surface area contributed by atoms with E-state index in [2.05, 4.69) is 15.9 Å². The minimum absolute atomic E-state index is 0.326. The Balaban J connectivity index is 2.38. The molecule has 1 unspecified atom stereocenters. The molecule has 1 atom stereocenters. The van der Waals surface area contributed by atoms with Crippen LogP contribution >= 0.6 is 39.1 Å². The molecule has 0 amide bonds. The highest BCUT2D eigenvalue weighted by molar-refractivity contribution is 9.10. The highest BCUT2D eigenvalue weighted by Crippen LogP contribution is 2.36. The zero-order valence-corrected chi connectivity index (χ0v) is 13.1. The fraction of sp³-hybridized carbons (Fsp3) is 0.143. The van der Waals surface area contributed by atoms with Gasteiger partial charge in [-0.2, -0.15) is 0 Å². The summed E-state index contributed by atoms with van der Waals surface area (Å²) in [6.07, 6.45) is 0. The summed E-state index contributed by atoms with van der Waals surface area (Å²) in [5.74, 6) is 0.339. The highest BCUT2D eigenvalue weighted by Gasteiger charge is 2.16. The first kappa shape index (κ1) is 14.6. The predicted molar refractivity (Wildman–Crippen MR) is 79.8 cm³/mol. The maximum absolute atomic E-state index is 13.2. The number of benzene rings is 2. The second kappa shape index (κ2) is 6.12. The van der Waals surface area contributed by atoms with Gasteiger partial charge in [0.2, 0.25) is 0 Å². The average Bonchev–Trinajstić information content (AvgIpc) is 2.41. The highest BCUT2D eigenvalue weighted by atomic mass is 79.9. The molecule has 2 aromatic rings. The van der Waals surface area contributed by atoms with Gasteiger partial charge in [0.1, 0.15) is 11.6 Å². The fourth-order valence-corrected chi connectivity index (χ4v) is 2.75. The van der Waals surface area contributed by atoms with Crippen LogP contribution in [-0.4, -0.2) is 7.11 Å². The van der Waals surface area contributed by atoms with Crippen LogP contribution in [0.2, 0.25) is 5.02 Å². The Morgan fingerprint density at radius 3 is 2.53 bits per heavy atom. The Morgan fingerprint density at radius 1 is 1.21 bits per heavy atom. The molecule has 2 aromatic carbocycles. The van der Waals surface area contributed by atoms with E-state index < -0.39 is 5.38 Å². The SMILES string of the molecule is COc1ccc(C(Cl)c2ccc(F)c(Br)c2)c(Cl)c1. The molecule has 0 aliphatic heterocycles. The summed E-state index contributed by atoms with van der Waals surface area (Å²) in [5.41, 5.74) is 1.52. The van der Waals surface area contributed by atoms with Crippen molar-refractivity contribution >= 4 is 39.1 Å². The van der Waals surface area contributed by atoms with Crippen molar-refractivity contribution < 1.29 is 9.13 Å². The van der Waals surface area contributed by atoms with Crippen LogP contribution in [-0.2, 0) is 0 Å². The van der Waals surface area contributed by atoms with Gasteiger partial charge in [-0.05, 0) is 51.3 Å². The maximum atomic E-state index is 13.2. The van der Waals surface area contributed by atoms with Crippen molar-refractivity contribution in [1.29, 1.82) is 0 Å². The zero-order chi connectivity index (χ0) is 14.0. The molecule has 19 heavy (non-hydrogen) atoms. The van der Waals surface area contributed by atoms with Gasteiger partial charge in [-0.25, -0.2) is 4.39 Å². The van der Waals surface area contributed by atoms with Crippen LogP contribution in [0.25, 0.3) is 0 Å². The van der Waals surface area contributed by atoms with Crippen molar-refractivity contribution in [2.24, 2.45) is 0 Å². The summed E-state index contributed by atoms with van der Waals surface area (Å²) in [4.78, 5) is 0. The fourth-order valence-electron chi connectivity index (χ4n) is 1.69. The van der Waals surface area contributed by atoms with Crippen LogP contribution in [0.3, 0.4) is 0 Å². The van der Waals surface area contributed by atoms with Gasteiger partial charge in [0, 0.05) is 5.02 Å². The molecule has 5 heteroatoms. The molecule has 2 rings (SSSR count). The van der Waals surface area contributed by atoms with Gasteiger partial charge >= 0.3 is 0 Å². The van der Waals surface area contributed by atoms with E-state index in [1.54, 1.807) is 37.4 Å². The molecule has 0 radical (unpaired) electrons. The van der Waals surface area contributed by atoms with E-state index in [0.29, 0.717) is 15.2 Å². The molecule has 0 heterocycles. The smallest absolute Gasteiger partial charge is 0.137 e. The van der Waals surface area contributed by atoms with E-state index in [1.807, 2.05) is 0 Å². The lowest BCUT2D eigenvalue weighted by Gasteiger charge is -2.13. The topological polar surface area (TPSA) is 9.23 Å². The van der Waals surface area contributed by atoms with Gasteiger partial charge in [-0.3, -0.25) is 0 Å². The van der Waals surface area contributed by atoms with E-state index in [-0.39, 0.29) is 5.82 Å². The van der Waals surface area contributed by atoms with Crippen LogP contribution in [0, 0.1) is 5.82 Å². The third kappa shape index (κ3) is 3.22. The third-order valence-electron chi connectivity index (χ3n) is 2.72. The molecule has 0 spiro atoms. The van der Waals surface area contributed by atoms with Gasteiger partial charge < -0.3 is 4.74 Å². The minimum atomic E-state index is -0.449. The minimum Gasteiger partial charge on any atom is -0.497 e. The largest absolute Gasteiger partial charge is 0.497 e. The van der Waals surface area contributed by atoms with E-state index >= 15 is 0 Å². The van der Waals surface area contributed by atoms with Crippen LogP contribution in [0.5, 0.6) is 5.75 Å². The number of hydrogen-bond acceptors (Lipinski definition) is 1. The lowest BCUT2D eigenvalue weighted by molar-refractivity contribution is 0.414. The molecule has 0 bridgehead atoms. The van der Waals surface area contributed by atoms with Gasteiger partial charge in [-0.15, -0.1) is 11.6 Å². The van der Waals surface area contributed by atoms with Crippen molar-refractivity contribution in [3.05, 3.63) is 62.8 Å². The molecule has 0 fully saturated rings. The normalized spacial score (nSPS) is 12.3. The van der Waals surface area contributed by atoms with E-state index in [0.717, 1.165) is 11.1 Å². The lowest BCUT2D eigenvalue weighted by atomic mass is 10.0. The van der Waals surface area contributed by atoms with Crippen molar-refractivity contribution in [2.75, 3.05) is 7.11 Å². The van der Waals surface area contributed by atoms with Gasteiger partial charge in [-0.1, -0.05) is 23.7 Å². The number of rotatable bonds is 3. The van der Waals surface area contributed by atoms with E-state index in [1.165, 1.54) is 6.07 Å². The van der Waals surface area contributed by atoms with Crippen LogP contribution < -0.4 is 4.74 Å². The lowest BCUT2D eigenvalue weighted by Crippen LogP contribution is -1.96.